The molecule has 204 valence electrons. The number of rotatable bonds is 3. The van der Waals surface area contributed by atoms with Crippen LogP contribution in [0.1, 0.15) is 18.1 Å². The summed E-state index contributed by atoms with van der Waals surface area (Å²) >= 11 is 0. The molecule has 0 unspecified atom stereocenters. The first kappa shape index (κ1) is 24.3. The van der Waals surface area contributed by atoms with Crippen LogP contribution in [0.25, 0.3) is 76.6 Å². The average Bonchev–Trinajstić information content (AvgIpc) is 3.62. The van der Waals surface area contributed by atoms with Crippen LogP contribution in [0.15, 0.2) is 134 Å². The van der Waals surface area contributed by atoms with Crippen molar-refractivity contribution in [1.82, 2.24) is 8.97 Å². The van der Waals surface area contributed by atoms with Gasteiger partial charge in [0.05, 0.1) is 22.1 Å². The van der Waals surface area contributed by atoms with Gasteiger partial charge >= 0.3 is 0 Å². The van der Waals surface area contributed by atoms with E-state index in [1.54, 1.807) is 0 Å². The highest BCUT2D eigenvalue weighted by molar-refractivity contribution is 6.32. The Morgan fingerprint density at radius 2 is 1.23 bits per heavy atom. The average molecular weight is 551 g/mol. The van der Waals surface area contributed by atoms with Gasteiger partial charge in [0, 0.05) is 44.2 Å². The smallest absolute Gasteiger partial charge is 0.0613 e. The van der Waals surface area contributed by atoms with Crippen molar-refractivity contribution in [3.05, 3.63) is 145 Å². The Hall–Kier alpha value is -5.34. The predicted octanol–water partition coefficient (Wildman–Crippen LogP) is 11.0. The Labute approximate surface area is 250 Å². The molecule has 0 amide bonds. The quantitative estimate of drug-likeness (QED) is 0.194. The third kappa shape index (κ3) is 3.29. The van der Waals surface area contributed by atoms with Crippen LogP contribution in [0.4, 0.5) is 0 Å². The second-order valence-electron chi connectivity index (χ2n) is 11.6. The van der Waals surface area contributed by atoms with Gasteiger partial charge in [-0.1, -0.05) is 104 Å². The lowest BCUT2D eigenvalue weighted by Crippen LogP contribution is -1.96. The number of benzene rings is 6. The molecule has 2 heteroatoms. The Kier molecular flexibility index (Phi) is 5.13. The minimum atomic E-state index is 1.01. The zero-order valence-electron chi connectivity index (χ0n) is 24.3. The lowest BCUT2D eigenvalue weighted by atomic mass is 9.89. The summed E-state index contributed by atoms with van der Waals surface area (Å²) in [4.78, 5) is 0. The maximum atomic E-state index is 2.44. The first-order valence-electron chi connectivity index (χ1n) is 15.2. The fourth-order valence-corrected chi connectivity index (χ4v) is 7.60. The van der Waals surface area contributed by atoms with Crippen molar-refractivity contribution in [2.45, 2.75) is 20.3 Å². The first-order valence-corrected chi connectivity index (χ1v) is 15.2. The number of hydrogen-bond acceptors (Lipinski definition) is 0. The maximum absolute atomic E-state index is 2.44. The van der Waals surface area contributed by atoms with Crippen molar-refractivity contribution in [3.8, 4) is 16.8 Å². The Morgan fingerprint density at radius 1 is 0.512 bits per heavy atom. The van der Waals surface area contributed by atoms with E-state index in [9.17, 15) is 0 Å². The molecule has 0 aliphatic heterocycles. The molecule has 9 aromatic rings. The molecule has 0 spiro atoms. The lowest BCUT2D eigenvalue weighted by molar-refractivity contribution is 1.14. The van der Waals surface area contributed by atoms with E-state index >= 15 is 0 Å². The normalized spacial score (nSPS) is 12.0. The van der Waals surface area contributed by atoms with Crippen molar-refractivity contribution in [1.29, 1.82) is 0 Å². The van der Waals surface area contributed by atoms with Crippen molar-refractivity contribution < 1.29 is 0 Å². The van der Waals surface area contributed by atoms with Gasteiger partial charge in [0.2, 0.25) is 0 Å². The van der Waals surface area contributed by atoms with Crippen LogP contribution in [0, 0.1) is 6.92 Å². The second-order valence-corrected chi connectivity index (χ2v) is 11.6. The van der Waals surface area contributed by atoms with Crippen molar-refractivity contribution >= 4 is 59.8 Å². The first-order chi connectivity index (χ1) is 21.2. The van der Waals surface area contributed by atoms with Crippen LogP contribution in [0.2, 0.25) is 0 Å². The molecule has 6 aromatic carbocycles. The van der Waals surface area contributed by atoms with Crippen molar-refractivity contribution in [2.24, 2.45) is 0 Å². The Balaban J connectivity index is 1.57. The molecule has 0 radical (unpaired) electrons. The van der Waals surface area contributed by atoms with Gasteiger partial charge in [-0.15, -0.1) is 0 Å². The summed E-state index contributed by atoms with van der Waals surface area (Å²) in [7, 11) is 0. The van der Waals surface area contributed by atoms with Gasteiger partial charge in [-0.05, 0) is 71.3 Å². The molecule has 3 aromatic heterocycles. The van der Waals surface area contributed by atoms with E-state index in [1.807, 2.05) is 0 Å². The van der Waals surface area contributed by atoms with Gasteiger partial charge in [-0.25, -0.2) is 0 Å². The fourth-order valence-electron chi connectivity index (χ4n) is 7.60. The number of fused-ring (bicyclic) bond motifs is 12. The number of pyridine rings is 1. The third-order valence-electron chi connectivity index (χ3n) is 9.47. The minimum absolute atomic E-state index is 1.01. The zero-order valence-corrected chi connectivity index (χ0v) is 24.3. The van der Waals surface area contributed by atoms with Gasteiger partial charge in [0.15, 0.2) is 0 Å². The topological polar surface area (TPSA) is 9.34 Å². The van der Waals surface area contributed by atoms with Gasteiger partial charge in [-0.2, -0.15) is 0 Å². The van der Waals surface area contributed by atoms with Gasteiger partial charge in [-0.3, -0.25) is 0 Å². The van der Waals surface area contributed by atoms with E-state index in [4.69, 9.17) is 0 Å². The number of aromatic nitrogens is 2. The van der Waals surface area contributed by atoms with Crippen LogP contribution in [-0.4, -0.2) is 8.97 Å². The molecule has 0 aliphatic rings. The summed E-state index contributed by atoms with van der Waals surface area (Å²) in [6.07, 6.45) is 3.33. The van der Waals surface area contributed by atoms with Crippen LogP contribution < -0.4 is 0 Å². The molecule has 0 atom stereocenters. The van der Waals surface area contributed by atoms with Crippen LogP contribution in [0.5, 0.6) is 0 Å². The molecule has 0 aliphatic carbocycles. The molecule has 0 N–H and O–H groups in total. The summed E-state index contributed by atoms with van der Waals surface area (Å²) in [6.45, 7) is 4.59. The highest BCUT2D eigenvalue weighted by Gasteiger charge is 2.22. The molecule has 43 heavy (non-hydrogen) atoms. The van der Waals surface area contributed by atoms with Crippen LogP contribution in [0.3, 0.4) is 0 Å². The molecule has 0 saturated heterocycles. The molecule has 2 nitrogen and oxygen atoms in total. The van der Waals surface area contributed by atoms with E-state index < -0.39 is 0 Å². The minimum Gasteiger partial charge on any atom is -0.315 e. The summed E-state index contributed by atoms with van der Waals surface area (Å²) in [5.74, 6) is 0. The summed E-state index contributed by atoms with van der Waals surface area (Å²) < 4.78 is 4.87. The van der Waals surface area contributed by atoms with E-state index in [0.29, 0.717) is 0 Å². The van der Waals surface area contributed by atoms with Crippen LogP contribution in [-0.2, 0) is 6.42 Å². The summed E-state index contributed by atoms with van der Waals surface area (Å²) in [5.41, 5.74) is 11.5. The Bertz CT molecular complexity index is 2540. The highest BCUT2D eigenvalue weighted by atomic mass is 15.0. The van der Waals surface area contributed by atoms with E-state index in [0.717, 1.165) is 6.42 Å². The highest BCUT2D eigenvalue weighted by Crippen LogP contribution is 2.45. The standard InChI is InChI=1S/C41H30N2/c1-3-27-13-7-9-17-31(27)30-21-22-34-38(26(30)2)40-36(42-25-28-14-8-10-18-32(28)41(34)42)23-24-37-39(40)33-19-11-12-20-35(33)43(37)29-15-5-4-6-16-29/h4-25H,3H2,1-2H3. The van der Waals surface area contributed by atoms with Crippen molar-refractivity contribution in [3.63, 3.8) is 0 Å². The molecule has 0 saturated carbocycles. The predicted molar refractivity (Wildman–Crippen MR) is 184 cm³/mol. The van der Waals surface area contributed by atoms with Crippen molar-refractivity contribution in [2.75, 3.05) is 0 Å². The molecule has 0 fully saturated rings. The van der Waals surface area contributed by atoms with E-state index in [-0.39, 0.29) is 0 Å². The third-order valence-corrected chi connectivity index (χ3v) is 9.47. The molecular formula is C41H30N2. The Morgan fingerprint density at radius 3 is 2.09 bits per heavy atom. The number of para-hydroxylation sites is 2. The molecule has 3 heterocycles. The fraction of sp³-hybridized carbons (Fsp3) is 0.0732. The largest absolute Gasteiger partial charge is 0.315 e. The molecule has 0 bridgehead atoms. The monoisotopic (exact) mass is 550 g/mol. The van der Waals surface area contributed by atoms with Gasteiger partial charge in [0.1, 0.15) is 0 Å². The second kappa shape index (κ2) is 9.08. The number of nitrogens with zero attached hydrogens (tertiary/aromatic N) is 2. The molecular weight excluding hydrogens is 520 g/mol. The SMILES string of the molecule is CCc1ccccc1-c1ccc2c(c1C)c1c3c4ccccc4n(-c4ccccc4)c3ccc1n1cc3ccccc3c21. The zero-order chi connectivity index (χ0) is 28.7. The van der Waals surface area contributed by atoms with E-state index in [1.165, 1.54) is 87.7 Å². The summed E-state index contributed by atoms with van der Waals surface area (Å²) in [5, 5.41) is 9.11. The molecule has 9 rings (SSSR count). The summed E-state index contributed by atoms with van der Waals surface area (Å²) in [6, 6.07) is 46.7. The van der Waals surface area contributed by atoms with Gasteiger partial charge in [0.25, 0.3) is 0 Å². The van der Waals surface area contributed by atoms with E-state index in [2.05, 4.69) is 156 Å². The maximum Gasteiger partial charge on any atom is 0.0613 e. The number of aryl methyl sites for hydroxylation is 2. The number of hydrogen-bond donors (Lipinski definition) is 0. The van der Waals surface area contributed by atoms with Gasteiger partial charge < -0.3 is 8.97 Å². The van der Waals surface area contributed by atoms with Crippen LogP contribution >= 0.6 is 0 Å². The lowest BCUT2D eigenvalue weighted by Gasteiger charge is -2.18.